The van der Waals surface area contributed by atoms with Gasteiger partial charge in [-0.2, -0.15) is 0 Å². The Balaban J connectivity index is 1.61. The molecule has 28 heavy (non-hydrogen) atoms. The van der Waals surface area contributed by atoms with Crippen molar-refractivity contribution in [1.82, 2.24) is 0 Å². The molecular weight excluding hydrogens is 372 g/mol. The molecule has 0 unspecified atom stereocenters. The van der Waals surface area contributed by atoms with Crippen LogP contribution in [0.1, 0.15) is 21.5 Å². The molecule has 0 aromatic heterocycles. The molecule has 1 aliphatic heterocycles. The van der Waals surface area contributed by atoms with Crippen LogP contribution >= 0.6 is 11.6 Å². The summed E-state index contributed by atoms with van der Waals surface area (Å²) in [6.45, 7) is 0. The van der Waals surface area contributed by atoms with Gasteiger partial charge in [0.2, 0.25) is 0 Å². The number of halogens is 1. The van der Waals surface area contributed by atoms with E-state index in [1.807, 2.05) is 54.6 Å². The SMILES string of the molecule is CN1C(=O)/C(=C\c2cccc(NC(=O)c3ccc(Cl)cc3)c2)c2ccccc21. The number of carbonyl (C=O) groups excluding carboxylic acids is 2. The second kappa shape index (κ2) is 7.33. The molecule has 1 N–H and O–H groups in total. The van der Waals surface area contributed by atoms with Crippen molar-refractivity contribution in [3.63, 3.8) is 0 Å². The van der Waals surface area contributed by atoms with E-state index in [1.54, 1.807) is 36.2 Å². The molecule has 5 heteroatoms. The second-order valence-electron chi connectivity index (χ2n) is 6.53. The summed E-state index contributed by atoms with van der Waals surface area (Å²) >= 11 is 5.87. The molecule has 0 saturated heterocycles. The number of hydrogen-bond donors (Lipinski definition) is 1. The van der Waals surface area contributed by atoms with E-state index < -0.39 is 0 Å². The third-order valence-corrected chi connectivity index (χ3v) is 4.90. The van der Waals surface area contributed by atoms with Crippen LogP contribution in [0.5, 0.6) is 0 Å². The maximum Gasteiger partial charge on any atom is 0.258 e. The third kappa shape index (κ3) is 3.42. The van der Waals surface area contributed by atoms with Gasteiger partial charge in [-0.1, -0.05) is 41.9 Å². The average molecular weight is 389 g/mol. The minimum absolute atomic E-state index is 0.0446. The topological polar surface area (TPSA) is 49.4 Å². The Kier molecular flexibility index (Phi) is 4.72. The number of carbonyl (C=O) groups is 2. The Morgan fingerprint density at radius 2 is 1.75 bits per heavy atom. The Bertz CT molecular complexity index is 1100. The van der Waals surface area contributed by atoms with E-state index in [1.165, 1.54) is 0 Å². The van der Waals surface area contributed by atoms with Gasteiger partial charge < -0.3 is 10.2 Å². The maximum atomic E-state index is 12.6. The fourth-order valence-corrected chi connectivity index (χ4v) is 3.34. The molecule has 0 atom stereocenters. The molecule has 0 fully saturated rings. The molecule has 3 aromatic rings. The number of nitrogens with one attached hydrogen (secondary N) is 1. The highest BCUT2D eigenvalue weighted by Crippen LogP contribution is 2.36. The number of benzene rings is 3. The lowest BCUT2D eigenvalue weighted by atomic mass is 10.0. The van der Waals surface area contributed by atoms with Crippen LogP contribution in [-0.4, -0.2) is 18.9 Å². The summed E-state index contributed by atoms with van der Waals surface area (Å²) < 4.78 is 0. The fourth-order valence-electron chi connectivity index (χ4n) is 3.22. The first-order chi connectivity index (χ1) is 13.5. The Morgan fingerprint density at radius 1 is 1.00 bits per heavy atom. The molecule has 2 amide bonds. The van der Waals surface area contributed by atoms with Crippen LogP contribution < -0.4 is 10.2 Å². The van der Waals surface area contributed by atoms with Crippen molar-refractivity contribution in [3.05, 3.63) is 94.5 Å². The van der Waals surface area contributed by atoms with Crippen molar-refractivity contribution in [2.45, 2.75) is 0 Å². The van der Waals surface area contributed by atoms with Crippen LogP contribution in [0.4, 0.5) is 11.4 Å². The third-order valence-electron chi connectivity index (χ3n) is 4.65. The van der Waals surface area contributed by atoms with Crippen LogP contribution in [0.3, 0.4) is 0 Å². The summed E-state index contributed by atoms with van der Waals surface area (Å²) in [4.78, 5) is 26.7. The normalized spacial score (nSPS) is 14.3. The van der Waals surface area contributed by atoms with Crippen molar-refractivity contribution >= 4 is 46.4 Å². The number of fused-ring (bicyclic) bond motifs is 1. The van der Waals surface area contributed by atoms with Crippen LogP contribution in [0.25, 0.3) is 11.6 Å². The van der Waals surface area contributed by atoms with E-state index >= 15 is 0 Å². The lowest BCUT2D eigenvalue weighted by molar-refractivity contribution is -0.112. The van der Waals surface area contributed by atoms with Crippen molar-refractivity contribution in [3.8, 4) is 0 Å². The Morgan fingerprint density at radius 3 is 2.54 bits per heavy atom. The summed E-state index contributed by atoms with van der Waals surface area (Å²) in [5.41, 5.74) is 4.45. The second-order valence-corrected chi connectivity index (χ2v) is 6.96. The minimum atomic E-state index is -0.219. The van der Waals surface area contributed by atoms with E-state index in [9.17, 15) is 9.59 Å². The van der Waals surface area contributed by atoms with Crippen molar-refractivity contribution in [2.75, 3.05) is 17.3 Å². The molecule has 4 rings (SSSR count). The van der Waals surface area contributed by atoms with Crippen LogP contribution in [-0.2, 0) is 4.79 Å². The zero-order valence-electron chi connectivity index (χ0n) is 15.1. The van der Waals surface area contributed by atoms with Gasteiger partial charge in [0.25, 0.3) is 11.8 Å². The van der Waals surface area contributed by atoms with Gasteiger partial charge in [-0.3, -0.25) is 9.59 Å². The highest BCUT2D eigenvalue weighted by molar-refractivity contribution is 6.35. The monoisotopic (exact) mass is 388 g/mol. The standard InChI is InChI=1S/C23H17ClN2O2/c1-26-21-8-3-2-7-19(21)20(23(26)28)14-15-5-4-6-18(13-15)25-22(27)16-9-11-17(24)12-10-16/h2-14H,1H3,(H,25,27)/b20-14-. The predicted molar refractivity (Wildman–Crippen MR) is 114 cm³/mol. The molecule has 0 saturated carbocycles. The molecule has 0 radical (unpaired) electrons. The van der Waals surface area contributed by atoms with Crippen molar-refractivity contribution < 1.29 is 9.59 Å². The summed E-state index contributed by atoms with van der Waals surface area (Å²) in [5, 5.41) is 3.46. The van der Waals surface area contributed by atoms with Crippen LogP contribution in [0.15, 0.2) is 72.8 Å². The largest absolute Gasteiger partial charge is 0.322 e. The molecule has 4 nitrogen and oxygen atoms in total. The molecule has 138 valence electrons. The lowest BCUT2D eigenvalue weighted by Crippen LogP contribution is -2.20. The van der Waals surface area contributed by atoms with Gasteiger partial charge in [-0.25, -0.2) is 0 Å². The van der Waals surface area contributed by atoms with E-state index in [0.29, 0.717) is 21.8 Å². The zero-order valence-corrected chi connectivity index (χ0v) is 15.9. The number of rotatable bonds is 3. The predicted octanol–water partition coefficient (Wildman–Crippen LogP) is 5.11. The van der Waals surface area contributed by atoms with Gasteiger partial charge in [-0.15, -0.1) is 0 Å². The van der Waals surface area contributed by atoms with Gasteiger partial charge in [0.15, 0.2) is 0 Å². The molecule has 0 spiro atoms. The first-order valence-corrected chi connectivity index (χ1v) is 9.17. The number of amides is 2. The fraction of sp³-hybridized carbons (Fsp3) is 0.0435. The summed E-state index contributed by atoms with van der Waals surface area (Å²) in [5.74, 6) is -0.264. The smallest absolute Gasteiger partial charge is 0.258 e. The minimum Gasteiger partial charge on any atom is -0.322 e. The summed E-state index contributed by atoms with van der Waals surface area (Å²) in [7, 11) is 1.77. The lowest BCUT2D eigenvalue weighted by Gasteiger charge is -2.08. The number of anilines is 2. The highest BCUT2D eigenvalue weighted by atomic mass is 35.5. The van der Waals surface area contributed by atoms with Crippen LogP contribution in [0.2, 0.25) is 5.02 Å². The summed E-state index contributed by atoms with van der Waals surface area (Å²) in [6, 6.07) is 21.8. The zero-order chi connectivity index (χ0) is 19.7. The molecule has 0 aliphatic carbocycles. The average Bonchev–Trinajstić information content (AvgIpc) is 2.94. The van der Waals surface area contributed by atoms with Crippen molar-refractivity contribution in [2.24, 2.45) is 0 Å². The van der Waals surface area contributed by atoms with E-state index in [0.717, 1.165) is 16.8 Å². The number of para-hydroxylation sites is 1. The van der Waals surface area contributed by atoms with Crippen LogP contribution in [0, 0.1) is 0 Å². The number of likely N-dealkylation sites (N-methyl/N-ethyl adjacent to an activating group) is 1. The Labute approximate surface area is 168 Å². The number of nitrogens with zero attached hydrogens (tertiary/aromatic N) is 1. The van der Waals surface area contributed by atoms with Gasteiger partial charge in [0.05, 0.1) is 5.69 Å². The van der Waals surface area contributed by atoms with E-state index in [-0.39, 0.29) is 11.8 Å². The van der Waals surface area contributed by atoms with Gasteiger partial charge >= 0.3 is 0 Å². The summed E-state index contributed by atoms with van der Waals surface area (Å²) in [6.07, 6.45) is 1.85. The van der Waals surface area contributed by atoms with Gasteiger partial charge in [0, 0.05) is 34.5 Å². The molecule has 0 bridgehead atoms. The molecule has 1 heterocycles. The number of hydrogen-bond acceptors (Lipinski definition) is 2. The first-order valence-electron chi connectivity index (χ1n) is 8.79. The Hall–Kier alpha value is -3.37. The molecule has 1 aliphatic rings. The van der Waals surface area contributed by atoms with Gasteiger partial charge in [0.1, 0.15) is 0 Å². The first kappa shape index (κ1) is 18.0. The highest BCUT2D eigenvalue weighted by Gasteiger charge is 2.28. The quantitative estimate of drug-likeness (QED) is 0.634. The van der Waals surface area contributed by atoms with E-state index in [2.05, 4.69) is 5.32 Å². The molecular formula is C23H17ClN2O2. The van der Waals surface area contributed by atoms with Gasteiger partial charge in [-0.05, 0) is 54.1 Å². The maximum absolute atomic E-state index is 12.6. The van der Waals surface area contributed by atoms with Crippen molar-refractivity contribution in [1.29, 1.82) is 0 Å². The molecule has 3 aromatic carbocycles. The van der Waals surface area contributed by atoms with E-state index in [4.69, 9.17) is 11.6 Å².